The highest BCUT2D eigenvalue weighted by Gasteiger charge is 2.15. The zero-order valence-electron chi connectivity index (χ0n) is 18.2. The van der Waals surface area contributed by atoms with Gasteiger partial charge >= 0.3 is 0 Å². The summed E-state index contributed by atoms with van der Waals surface area (Å²) in [6, 6.07) is 18.3. The smallest absolute Gasteiger partial charge is 0.223 e. The van der Waals surface area contributed by atoms with Gasteiger partial charge in [0.25, 0.3) is 0 Å². The Bertz CT molecular complexity index is 682. The first-order chi connectivity index (χ1) is 14.2. The highest BCUT2D eigenvalue weighted by atomic mass is 16.5. The van der Waals surface area contributed by atoms with Gasteiger partial charge in [0.15, 0.2) is 0 Å². The maximum atomic E-state index is 12.4. The summed E-state index contributed by atoms with van der Waals surface area (Å²) in [6.07, 6.45) is 9.05. The first-order valence-electron chi connectivity index (χ1n) is 11.3. The molecule has 0 aromatic heterocycles. The second kappa shape index (κ2) is 13.8. The number of hydrogen-bond donors (Lipinski definition) is 1. The highest BCUT2D eigenvalue weighted by Crippen LogP contribution is 2.16. The average molecular weight is 396 g/mol. The molecule has 0 aliphatic carbocycles. The van der Waals surface area contributed by atoms with Crippen LogP contribution in [0.15, 0.2) is 54.6 Å². The van der Waals surface area contributed by atoms with Gasteiger partial charge in [0.2, 0.25) is 5.91 Å². The molecule has 0 aliphatic heterocycles. The monoisotopic (exact) mass is 395 g/mol. The fourth-order valence-electron chi connectivity index (χ4n) is 3.48. The molecule has 0 saturated heterocycles. The molecule has 29 heavy (non-hydrogen) atoms. The first-order valence-corrected chi connectivity index (χ1v) is 11.3. The molecule has 1 unspecified atom stereocenters. The van der Waals surface area contributed by atoms with Crippen molar-refractivity contribution in [1.29, 1.82) is 0 Å². The Morgan fingerprint density at radius 2 is 1.62 bits per heavy atom. The van der Waals surface area contributed by atoms with Crippen molar-refractivity contribution in [1.82, 2.24) is 5.32 Å². The van der Waals surface area contributed by atoms with E-state index >= 15 is 0 Å². The van der Waals surface area contributed by atoms with Crippen molar-refractivity contribution in [2.75, 3.05) is 6.54 Å². The van der Waals surface area contributed by atoms with Crippen LogP contribution in [-0.4, -0.2) is 12.5 Å². The molecule has 3 nitrogen and oxygen atoms in total. The Morgan fingerprint density at radius 3 is 2.31 bits per heavy atom. The second-order valence-electron chi connectivity index (χ2n) is 7.77. The van der Waals surface area contributed by atoms with Crippen LogP contribution in [0, 0.1) is 5.92 Å². The number of benzene rings is 2. The van der Waals surface area contributed by atoms with E-state index < -0.39 is 0 Å². The first kappa shape index (κ1) is 23.0. The number of unbranched alkanes of at least 4 members (excludes halogenated alkanes) is 4. The number of amides is 1. The van der Waals surface area contributed by atoms with Crippen molar-refractivity contribution >= 4 is 5.91 Å². The van der Waals surface area contributed by atoms with E-state index in [-0.39, 0.29) is 11.8 Å². The fourth-order valence-corrected chi connectivity index (χ4v) is 3.48. The molecule has 2 rings (SSSR count). The summed E-state index contributed by atoms with van der Waals surface area (Å²) in [5.74, 6) is 1.24. The summed E-state index contributed by atoms with van der Waals surface area (Å²) in [7, 11) is 0. The molecular formula is C26H37NO2. The summed E-state index contributed by atoms with van der Waals surface area (Å²) >= 11 is 0. The maximum Gasteiger partial charge on any atom is 0.223 e. The third kappa shape index (κ3) is 9.17. The van der Waals surface area contributed by atoms with E-state index in [1.54, 1.807) is 0 Å². The minimum absolute atomic E-state index is 0.158. The van der Waals surface area contributed by atoms with E-state index in [1.807, 2.05) is 30.3 Å². The standard InChI is InChI=1S/C26H37NO2/c1-3-5-6-7-11-14-24(4-2)26(28)27-20-19-22-15-17-25(18-16-22)29-21-23-12-9-8-10-13-23/h8-10,12-13,15-18,24H,3-7,11,14,19-21H2,1-2H3,(H,27,28). The molecule has 1 N–H and O–H groups in total. The number of nitrogens with one attached hydrogen (secondary N) is 1. The SMILES string of the molecule is CCCCCCCC(CC)C(=O)NCCc1ccc(OCc2ccccc2)cc1. The lowest BCUT2D eigenvalue weighted by molar-refractivity contribution is -0.125. The lowest BCUT2D eigenvalue weighted by Crippen LogP contribution is -2.32. The van der Waals surface area contributed by atoms with E-state index in [0.29, 0.717) is 13.2 Å². The van der Waals surface area contributed by atoms with Crippen molar-refractivity contribution in [3.8, 4) is 5.75 Å². The predicted octanol–water partition coefficient (Wildman–Crippen LogP) is 6.31. The topological polar surface area (TPSA) is 38.3 Å². The number of ether oxygens (including phenoxy) is 1. The Labute approximate surface area is 176 Å². The van der Waals surface area contributed by atoms with Crippen molar-refractivity contribution in [3.63, 3.8) is 0 Å². The zero-order valence-corrected chi connectivity index (χ0v) is 18.2. The molecule has 1 atom stereocenters. The molecule has 0 radical (unpaired) electrons. The summed E-state index contributed by atoms with van der Waals surface area (Å²) in [6.45, 7) is 5.61. The second-order valence-corrected chi connectivity index (χ2v) is 7.77. The summed E-state index contributed by atoms with van der Waals surface area (Å²) in [4.78, 5) is 12.4. The average Bonchev–Trinajstić information content (AvgIpc) is 2.76. The van der Waals surface area contributed by atoms with Crippen molar-refractivity contribution in [3.05, 3.63) is 65.7 Å². The summed E-state index contributed by atoms with van der Waals surface area (Å²) in [5, 5.41) is 3.13. The van der Waals surface area contributed by atoms with Crippen molar-refractivity contribution < 1.29 is 9.53 Å². The number of carbonyl (C=O) groups excluding carboxylic acids is 1. The lowest BCUT2D eigenvalue weighted by atomic mass is 9.97. The number of hydrogen-bond acceptors (Lipinski definition) is 2. The molecule has 0 fully saturated rings. The van der Waals surface area contributed by atoms with Gasteiger partial charge < -0.3 is 10.1 Å². The van der Waals surface area contributed by atoms with Gasteiger partial charge in [-0.15, -0.1) is 0 Å². The molecule has 158 valence electrons. The normalized spacial score (nSPS) is 11.8. The quantitative estimate of drug-likeness (QED) is 0.381. The van der Waals surface area contributed by atoms with Crippen LogP contribution in [-0.2, 0) is 17.8 Å². The number of carbonyl (C=O) groups is 1. The van der Waals surface area contributed by atoms with E-state index in [9.17, 15) is 4.79 Å². The van der Waals surface area contributed by atoms with Crippen LogP contribution in [0.3, 0.4) is 0 Å². The molecule has 0 heterocycles. The van der Waals surface area contributed by atoms with Crippen LogP contribution >= 0.6 is 0 Å². The van der Waals surface area contributed by atoms with E-state index in [0.717, 1.165) is 37.0 Å². The van der Waals surface area contributed by atoms with Gasteiger partial charge in [-0.05, 0) is 42.5 Å². The maximum absolute atomic E-state index is 12.4. The van der Waals surface area contributed by atoms with Gasteiger partial charge in [0, 0.05) is 12.5 Å². The molecule has 2 aromatic rings. The van der Waals surface area contributed by atoms with Crippen LogP contribution in [0.4, 0.5) is 0 Å². The molecule has 0 spiro atoms. The summed E-state index contributed by atoms with van der Waals surface area (Å²) in [5.41, 5.74) is 2.38. The molecule has 1 amide bonds. The highest BCUT2D eigenvalue weighted by molar-refractivity contribution is 5.78. The van der Waals surface area contributed by atoms with Gasteiger partial charge in [-0.25, -0.2) is 0 Å². The third-order valence-electron chi connectivity index (χ3n) is 5.40. The van der Waals surface area contributed by atoms with Gasteiger partial charge in [-0.3, -0.25) is 4.79 Å². The van der Waals surface area contributed by atoms with Gasteiger partial charge in [0.05, 0.1) is 0 Å². The molecule has 3 heteroatoms. The third-order valence-corrected chi connectivity index (χ3v) is 5.40. The lowest BCUT2D eigenvalue weighted by Gasteiger charge is -2.15. The minimum atomic E-state index is 0.158. The predicted molar refractivity (Wildman–Crippen MR) is 121 cm³/mol. The van der Waals surface area contributed by atoms with Crippen molar-refractivity contribution in [2.24, 2.45) is 5.92 Å². The Hall–Kier alpha value is -2.29. The van der Waals surface area contributed by atoms with Crippen LogP contribution in [0.5, 0.6) is 5.75 Å². The fraction of sp³-hybridized carbons (Fsp3) is 0.500. The molecule has 0 aliphatic rings. The zero-order chi connectivity index (χ0) is 20.7. The van der Waals surface area contributed by atoms with Gasteiger partial charge in [-0.1, -0.05) is 88.4 Å². The van der Waals surface area contributed by atoms with Crippen LogP contribution in [0.25, 0.3) is 0 Å². The van der Waals surface area contributed by atoms with E-state index in [4.69, 9.17) is 4.74 Å². The summed E-state index contributed by atoms with van der Waals surface area (Å²) < 4.78 is 5.83. The van der Waals surface area contributed by atoms with Crippen LogP contribution in [0.2, 0.25) is 0 Å². The Morgan fingerprint density at radius 1 is 0.897 bits per heavy atom. The van der Waals surface area contributed by atoms with Crippen molar-refractivity contribution in [2.45, 2.75) is 71.8 Å². The van der Waals surface area contributed by atoms with Gasteiger partial charge in [0.1, 0.15) is 12.4 Å². The minimum Gasteiger partial charge on any atom is -0.489 e. The van der Waals surface area contributed by atoms with Crippen LogP contribution < -0.4 is 10.1 Å². The van der Waals surface area contributed by atoms with Crippen LogP contribution in [0.1, 0.15) is 69.9 Å². The Kier molecular flexibility index (Phi) is 11.0. The number of rotatable bonds is 14. The van der Waals surface area contributed by atoms with E-state index in [2.05, 4.69) is 43.4 Å². The molecule has 2 aromatic carbocycles. The molecule has 0 saturated carbocycles. The molecule has 0 bridgehead atoms. The van der Waals surface area contributed by atoms with E-state index in [1.165, 1.54) is 31.2 Å². The van der Waals surface area contributed by atoms with Gasteiger partial charge in [-0.2, -0.15) is 0 Å². The molecular weight excluding hydrogens is 358 g/mol. The largest absolute Gasteiger partial charge is 0.489 e. The Balaban J connectivity index is 1.66.